The van der Waals surface area contributed by atoms with Crippen molar-refractivity contribution in [2.75, 3.05) is 7.11 Å². The maximum Gasteiger partial charge on any atom is 0.272 e. The van der Waals surface area contributed by atoms with E-state index in [9.17, 15) is 9.59 Å². The van der Waals surface area contributed by atoms with Crippen molar-refractivity contribution >= 4 is 16.9 Å². The zero-order chi connectivity index (χ0) is 16.4. The lowest BCUT2D eigenvalue weighted by molar-refractivity contribution is 0.0929. The van der Waals surface area contributed by atoms with Crippen LogP contribution in [0, 0.1) is 0 Å². The fourth-order valence-electron chi connectivity index (χ4n) is 2.24. The highest BCUT2D eigenvalue weighted by atomic mass is 16.5. The average Bonchev–Trinajstić information content (AvgIpc) is 2.99. The zero-order valence-corrected chi connectivity index (χ0v) is 12.6. The number of aromatic amines is 1. The summed E-state index contributed by atoms with van der Waals surface area (Å²) in [5, 5.41) is 9.58. The summed E-state index contributed by atoms with van der Waals surface area (Å²) in [5.74, 6) is 0.832. The van der Waals surface area contributed by atoms with E-state index < -0.39 is 5.91 Å². The molecule has 0 radical (unpaired) electrons. The van der Waals surface area contributed by atoms with Crippen LogP contribution in [0.25, 0.3) is 11.0 Å². The van der Waals surface area contributed by atoms with Crippen molar-refractivity contribution in [2.24, 2.45) is 0 Å². The fraction of sp³-hybridized carbons (Fsp3) is 0.188. The molecule has 0 aliphatic rings. The summed E-state index contributed by atoms with van der Waals surface area (Å²) < 4.78 is 11.0. The summed E-state index contributed by atoms with van der Waals surface area (Å²) in [7, 11) is 1.57. The van der Waals surface area contributed by atoms with Gasteiger partial charge in [-0.15, -0.1) is 0 Å². The second-order valence-corrected chi connectivity index (χ2v) is 5.03. The summed E-state index contributed by atoms with van der Waals surface area (Å²) in [6.45, 7) is 1.80. The molecule has 23 heavy (non-hydrogen) atoms. The highest BCUT2D eigenvalue weighted by molar-refractivity contribution is 5.92. The number of hydrogen-bond acceptors (Lipinski definition) is 5. The molecule has 0 fully saturated rings. The van der Waals surface area contributed by atoms with Gasteiger partial charge in [-0.05, 0) is 25.1 Å². The van der Waals surface area contributed by atoms with Gasteiger partial charge in [-0.25, -0.2) is 5.10 Å². The largest absolute Gasteiger partial charge is 0.493 e. The fourth-order valence-corrected chi connectivity index (χ4v) is 2.24. The van der Waals surface area contributed by atoms with Crippen molar-refractivity contribution in [3.63, 3.8) is 0 Å². The van der Waals surface area contributed by atoms with Crippen LogP contribution < -0.4 is 15.6 Å². The first-order chi connectivity index (χ1) is 11.1. The minimum absolute atomic E-state index is 0.130. The van der Waals surface area contributed by atoms with Crippen molar-refractivity contribution in [1.29, 1.82) is 0 Å². The predicted octanol–water partition coefficient (Wildman–Crippen LogP) is 2.02. The van der Waals surface area contributed by atoms with Crippen molar-refractivity contribution in [2.45, 2.75) is 13.0 Å². The molecule has 7 heteroatoms. The smallest absolute Gasteiger partial charge is 0.272 e. The van der Waals surface area contributed by atoms with E-state index in [1.165, 1.54) is 12.1 Å². The minimum atomic E-state index is -0.402. The van der Waals surface area contributed by atoms with Gasteiger partial charge >= 0.3 is 0 Å². The maximum absolute atomic E-state index is 12.1. The molecule has 0 saturated carbocycles. The van der Waals surface area contributed by atoms with Gasteiger partial charge in [-0.2, -0.15) is 5.10 Å². The van der Waals surface area contributed by atoms with Crippen LogP contribution in [0.2, 0.25) is 0 Å². The number of hydrogen-bond donors (Lipinski definition) is 2. The molecular weight excluding hydrogens is 298 g/mol. The maximum atomic E-state index is 12.1. The molecule has 1 amide bonds. The summed E-state index contributed by atoms with van der Waals surface area (Å²) in [5.41, 5.74) is 0.400. The predicted molar refractivity (Wildman–Crippen MR) is 83.5 cm³/mol. The Bertz CT molecular complexity index is 893. The quantitative estimate of drug-likeness (QED) is 0.768. The van der Waals surface area contributed by atoms with Crippen molar-refractivity contribution in [1.82, 2.24) is 15.5 Å². The molecule has 7 nitrogen and oxygen atoms in total. The number of aromatic nitrogens is 2. The second-order valence-electron chi connectivity index (χ2n) is 5.03. The number of rotatable bonds is 4. The summed E-state index contributed by atoms with van der Waals surface area (Å²) in [4.78, 5) is 23.1. The topological polar surface area (TPSA) is 97.2 Å². The highest BCUT2D eigenvalue weighted by Gasteiger charge is 2.17. The molecule has 1 aromatic carbocycles. The van der Waals surface area contributed by atoms with Crippen LogP contribution in [0.15, 0.2) is 45.6 Å². The molecule has 2 N–H and O–H groups in total. The number of furan rings is 1. The Morgan fingerprint density at radius 1 is 1.35 bits per heavy atom. The van der Waals surface area contributed by atoms with Crippen LogP contribution in [0.4, 0.5) is 0 Å². The molecule has 0 aliphatic heterocycles. The molecule has 3 rings (SSSR count). The molecule has 2 heterocycles. The first kappa shape index (κ1) is 14.8. The van der Waals surface area contributed by atoms with Crippen molar-refractivity contribution in [3.05, 3.63) is 58.2 Å². The Morgan fingerprint density at radius 3 is 2.87 bits per heavy atom. The third kappa shape index (κ3) is 2.94. The molecule has 0 bridgehead atoms. The van der Waals surface area contributed by atoms with Gasteiger partial charge in [0.2, 0.25) is 0 Å². The highest BCUT2D eigenvalue weighted by Crippen LogP contribution is 2.30. The number of amides is 1. The Labute approximate surface area is 131 Å². The number of carbonyl (C=O) groups excluding carboxylic acids is 1. The van der Waals surface area contributed by atoms with Gasteiger partial charge in [0.05, 0.1) is 13.2 Å². The normalized spacial score (nSPS) is 12.1. The molecule has 0 aliphatic carbocycles. The minimum Gasteiger partial charge on any atom is -0.493 e. The van der Waals surface area contributed by atoms with Crippen LogP contribution >= 0.6 is 0 Å². The molecule has 0 spiro atoms. The number of ether oxygens (including phenoxy) is 1. The molecule has 118 valence electrons. The summed E-state index contributed by atoms with van der Waals surface area (Å²) in [6.07, 6.45) is 0. The van der Waals surface area contributed by atoms with Gasteiger partial charge in [0.1, 0.15) is 11.5 Å². The number of methoxy groups -OCH3 is 1. The number of benzene rings is 1. The van der Waals surface area contributed by atoms with Crippen molar-refractivity contribution < 1.29 is 13.9 Å². The van der Waals surface area contributed by atoms with E-state index in [1.54, 1.807) is 14.0 Å². The van der Waals surface area contributed by atoms with E-state index >= 15 is 0 Å². The number of fused-ring (bicyclic) bond motifs is 1. The first-order valence-electron chi connectivity index (χ1n) is 7.01. The lowest BCUT2D eigenvalue weighted by Gasteiger charge is -2.10. The lowest BCUT2D eigenvalue weighted by atomic mass is 10.2. The third-order valence-corrected chi connectivity index (χ3v) is 3.43. The van der Waals surface area contributed by atoms with E-state index in [0.29, 0.717) is 17.1 Å². The first-order valence-corrected chi connectivity index (χ1v) is 7.01. The third-order valence-electron chi connectivity index (χ3n) is 3.43. The van der Waals surface area contributed by atoms with Crippen LogP contribution in [0.1, 0.15) is 29.2 Å². The standard InChI is InChI=1S/C16H15N3O4/c1-9(17-16(21)11-6-7-14(20)19-18-11)13-8-10-4-3-5-12(22-2)15(10)23-13/h3-9H,1-2H3,(H,17,21)(H,19,20)/t9-/m0/s1. The van der Waals surface area contributed by atoms with Gasteiger partial charge < -0.3 is 14.5 Å². The molecule has 0 saturated heterocycles. The Balaban J connectivity index is 1.83. The average molecular weight is 313 g/mol. The van der Waals surface area contributed by atoms with Gasteiger partial charge in [0.15, 0.2) is 11.3 Å². The van der Waals surface area contributed by atoms with Crippen LogP contribution in [0.5, 0.6) is 5.75 Å². The van der Waals surface area contributed by atoms with Crippen LogP contribution in [-0.2, 0) is 0 Å². The number of carbonyl (C=O) groups is 1. The second kappa shape index (κ2) is 5.96. The number of nitrogens with zero attached hydrogens (tertiary/aromatic N) is 1. The van der Waals surface area contributed by atoms with E-state index in [-0.39, 0.29) is 17.3 Å². The van der Waals surface area contributed by atoms with Crippen molar-refractivity contribution in [3.8, 4) is 5.75 Å². The van der Waals surface area contributed by atoms with Crippen LogP contribution in [0.3, 0.4) is 0 Å². The Kier molecular flexibility index (Phi) is 3.84. The zero-order valence-electron chi connectivity index (χ0n) is 12.6. The van der Waals surface area contributed by atoms with E-state index in [4.69, 9.17) is 9.15 Å². The van der Waals surface area contributed by atoms with Gasteiger partial charge in [0.25, 0.3) is 11.5 Å². The van der Waals surface area contributed by atoms with E-state index in [0.717, 1.165) is 5.39 Å². The summed E-state index contributed by atoms with van der Waals surface area (Å²) in [6, 6.07) is 9.68. The Hall–Kier alpha value is -3.09. The molecule has 3 aromatic rings. The number of nitrogens with one attached hydrogen (secondary N) is 2. The lowest BCUT2D eigenvalue weighted by Crippen LogP contribution is -2.28. The molecular formula is C16H15N3O4. The van der Waals surface area contributed by atoms with Gasteiger partial charge in [0, 0.05) is 11.5 Å². The Morgan fingerprint density at radius 2 is 2.17 bits per heavy atom. The number of H-pyrrole nitrogens is 1. The molecule has 0 unspecified atom stereocenters. The molecule has 2 aromatic heterocycles. The number of para-hydroxylation sites is 1. The summed E-state index contributed by atoms with van der Waals surface area (Å²) >= 11 is 0. The monoisotopic (exact) mass is 313 g/mol. The van der Waals surface area contributed by atoms with E-state index in [1.807, 2.05) is 24.3 Å². The van der Waals surface area contributed by atoms with E-state index in [2.05, 4.69) is 15.5 Å². The molecule has 1 atom stereocenters. The van der Waals surface area contributed by atoms with Gasteiger partial charge in [-0.1, -0.05) is 12.1 Å². The van der Waals surface area contributed by atoms with Crippen LogP contribution in [-0.4, -0.2) is 23.2 Å². The van der Waals surface area contributed by atoms with Gasteiger partial charge in [-0.3, -0.25) is 9.59 Å². The SMILES string of the molecule is COc1cccc2cc([C@H](C)NC(=O)c3ccc(=O)[nH]n3)oc12.